The molecule has 0 aliphatic heterocycles. The first-order chi connectivity index (χ1) is 10.0. The minimum absolute atomic E-state index is 0.270. The van der Waals surface area contributed by atoms with Crippen molar-refractivity contribution in [2.75, 3.05) is 7.11 Å². The largest absolute Gasteiger partial charge is 0.496 e. The van der Waals surface area contributed by atoms with Gasteiger partial charge in [0.2, 0.25) is 0 Å². The van der Waals surface area contributed by atoms with E-state index in [9.17, 15) is 0 Å². The van der Waals surface area contributed by atoms with Crippen LogP contribution in [0.4, 0.5) is 0 Å². The second-order valence-electron chi connectivity index (χ2n) is 5.20. The molecule has 3 nitrogen and oxygen atoms in total. The maximum atomic E-state index is 5.45. The molecule has 1 aromatic heterocycles. The van der Waals surface area contributed by atoms with Crippen LogP contribution in [0.2, 0.25) is 0 Å². The number of aromatic nitrogens is 1. The van der Waals surface area contributed by atoms with Crippen molar-refractivity contribution >= 4 is 15.9 Å². The van der Waals surface area contributed by atoms with Crippen LogP contribution in [0.5, 0.6) is 5.75 Å². The van der Waals surface area contributed by atoms with Crippen molar-refractivity contribution < 1.29 is 4.74 Å². The van der Waals surface area contributed by atoms with Gasteiger partial charge in [0.1, 0.15) is 5.75 Å². The van der Waals surface area contributed by atoms with Crippen molar-refractivity contribution in [3.63, 3.8) is 0 Å². The molecule has 0 bridgehead atoms. The van der Waals surface area contributed by atoms with Gasteiger partial charge in [-0.3, -0.25) is 4.98 Å². The van der Waals surface area contributed by atoms with Gasteiger partial charge >= 0.3 is 0 Å². The molecular formula is C17H21BrN2O. The fourth-order valence-electron chi connectivity index (χ4n) is 2.37. The molecule has 0 aliphatic carbocycles. The Hall–Kier alpha value is -1.39. The molecule has 4 heteroatoms. The standard InChI is InChI=1S/C17H21BrN2O/c1-11-9-20-16(12(2)17(11)21-4)10-19-13(3)14-5-7-15(18)8-6-14/h5-9,13,19H,10H2,1-4H3/t13-/m1/s1. The van der Waals surface area contributed by atoms with Crippen molar-refractivity contribution in [1.82, 2.24) is 10.3 Å². The van der Waals surface area contributed by atoms with E-state index in [2.05, 4.69) is 64.3 Å². The van der Waals surface area contributed by atoms with Gasteiger partial charge in [0, 0.05) is 34.4 Å². The van der Waals surface area contributed by atoms with Crippen molar-refractivity contribution in [2.45, 2.75) is 33.4 Å². The van der Waals surface area contributed by atoms with Crippen molar-refractivity contribution in [2.24, 2.45) is 0 Å². The summed E-state index contributed by atoms with van der Waals surface area (Å²) in [5, 5.41) is 3.51. The van der Waals surface area contributed by atoms with Gasteiger partial charge in [-0.15, -0.1) is 0 Å². The van der Waals surface area contributed by atoms with Gasteiger partial charge < -0.3 is 10.1 Å². The number of hydrogen-bond donors (Lipinski definition) is 1. The first kappa shape index (κ1) is 16.0. The molecule has 1 atom stereocenters. The molecule has 0 unspecified atom stereocenters. The van der Waals surface area contributed by atoms with Crippen LogP contribution >= 0.6 is 15.9 Å². The van der Waals surface area contributed by atoms with Crippen LogP contribution < -0.4 is 10.1 Å². The van der Waals surface area contributed by atoms with Crippen LogP contribution in [-0.4, -0.2) is 12.1 Å². The molecule has 0 saturated heterocycles. The van der Waals surface area contributed by atoms with E-state index in [0.29, 0.717) is 0 Å². The fraction of sp³-hybridized carbons (Fsp3) is 0.353. The zero-order valence-electron chi connectivity index (χ0n) is 12.9. The number of halogens is 1. The number of hydrogen-bond acceptors (Lipinski definition) is 3. The Morgan fingerprint density at radius 2 is 1.90 bits per heavy atom. The van der Waals surface area contributed by atoms with E-state index in [0.717, 1.165) is 33.6 Å². The third-order valence-corrected chi connectivity index (χ3v) is 4.22. The smallest absolute Gasteiger partial charge is 0.128 e. The van der Waals surface area contributed by atoms with Gasteiger partial charge in [0.05, 0.1) is 12.8 Å². The molecule has 0 saturated carbocycles. The number of methoxy groups -OCH3 is 1. The van der Waals surface area contributed by atoms with Gasteiger partial charge in [-0.1, -0.05) is 28.1 Å². The summed E-state index contributed by atoms with van der Waals surface area (Å²) in [5.74, 6) is 0.929. The van der Waals surface area contributed by atoms with Crippen LogP contribution in [0.1, 0.15) is 35.3 Å². The fourth-order valence-corrected chi connectivity index (χ4v) is 2.63. The maximum absolute atomic E-state index is 5.45. The molecule has 0 radical (unpaired) electrons. The minimum Gasteiger partial charge on any atom is -0.496 e. The zero-order valence-corrected chi connectivity index (χ0v) is 14.5. The summed E-state index contributed by atoms with van der Waals surface area (Å²) < 4.78 is 6.54. The molecule has 0 aliphatic rings. The molecule has 2 aromatic rings. The van der Waals surface area contributed by atoms with Crippen LogP contribution in [0.25, 0.3) is 0 Å². The van der Waals surface area contributed by atoms with E-state index in [-0.39, 0.29) is 6.04 Å². The number of aryl methyl sites for hydroxylation is 1. The summed E-state index contributed by atoms with van der Waals surface area (Å²) in [7, 11) is 1.71. The summed E-state index contributed by atoms with van der Waals surface area (Å²) in [5.41, 5.74) is 4.46. The summed E-state index contributed by atoms with van der Waals surface area (Å²) in [6.45, 7) is 6.95. The summed E-state index contributed by atoms with van der Waals surface area (Å²) in [6, 6.07) is 8.64. The number of rotatable bonds is 5. The van der Waals surface area contributed by atoms with Crippen LogP contribution in [0.3, 0.4) is 0 Å². The molecule has 0 amide bonds. The van der Waals surface area contributed by atoms with Gasteiger partial charge in [-0.2, -0.15) is 0 Å². The van der Waals surface area contributed by atoms with Crippen molar-refractivity contribution in [3.8, 4) is 5.75 Å². The topological polar surface area (TPSA) is 34.1 Å². The van der Waals surface area contributed by atoms with Crippen molar-refractivity contribution in [1.29, 1.82) is 0 Å². The Morgan fingerprint density at radius 3 is 2.52 bits per heavy atom. The van der Waals surface area contributed by atoms with Gasteiger partial charge in [0.15, 0.2) is 0 Å². The maximum Gasteiger partial charge on any atom is 0.128 e. The lowest BCUT2D eigenvalue weighted by Gasteiger charge is -2.17. The summed E-state index contributed by atoms with van der Waals surface area (Å²) >= 11 is 3.46. The lowest BCUT2D eigenvalue weighted by molar-refractivity contribution is 0.406. The van der Waals surface area contributed by atoms with Gasteiger partial charge in [-0.05, 0) is 38.5 Å². The predicted molar refractivity (Wildman–Crippen MR) is 89.7 cm³/mol. The third-order valence-electron chi connectivity index (χ3n) is 3.70. The highest BCUT2D eigenvalue weighted by Gasteiger charge is 2.11. The number of pyridine rings is 1. The zero-order chi connectivity index (χ0) is 15.4. The first-order valence-electron chi connectivity index (χ1n) is 7.01. The van der Waals surface area contributed by atoms with E-state index in [1.807, 2.05) is 13.1 Å². The van der Waals surface area contributed by atoms with E-state index in [1.54, 1.807) is 7.11 Å². The molecule has 1 N–H and O–H groups in total. The average molecular weight is 349 g/mol. The molecule has 2 rings (SSSR count). The average Bonchev–Trinajstić information content (AvgIpc) is 2.47. The van der Waals surface area contributed by atoms with Crippen molar-refractivity contribution in [3.05, 3.63) is 57.3 Å². The molecule has 0 spiro atoms. The van der Waals surface area contributed by atoms with E-state index >= 15 is 0 Å². The molecule has 1 heterocycles. The second kappa shape index (κ2) is 7.05. The highest BCUT2D eigenvalue weighted by molar-refractivity contribution is 9.10. The lowest BCUT2D eigenvalue weighted by Crippen LogP contribution is -2.19. The summed E-state index contributed by atoms with van der Waals surface area (Å²) in [4.78, 5) is 4.52. The van der Waals surface area contributed by atoms with Crippen LogP contribution in [0.15, 0.2) is 34.9 Å². The molecule has 112 valence electrons. The molecule has 1 aromatic carbocycles. The summed E-state index contributed by atoms with van der Waals surface area (Å²) in [6.07, 6.45) is 1.87. The monoisotopic (exact) mass is 348 g/mol. The van der Waals surface area contributed by atoms with Crippen LogP contribution in [-0.2, 0) is 6.54 Å². The Morgan fingerprint density at radius 1 is 1.24 bits per heavy atom. The Bertz CT molecular complexity index is 611. The Kier molecular flexibility index (Phi) is 5.37. The second-order valence-corrected chi connectivity index (χ2v) is 6.12. The predicted octanol–water partition coefficient (Wildman–Crippen LogP) is 4.32. The van der Waals surface area contributed by atoms with Gasteiger partial charge in [0.25, 0.3) is 0 Å². The number of ether oxygens (including phenoxy) is 1. The highest BCUT2D eigenvalue weighted by Crippen LogP contribution is 2.24. The third kappa shape index (κ3) is 3.83. The number of nitrogens with one attached hydrogen (secondary N) is 1. The number of nitrogens with zero attached hydrogens (tertiary/aromatic N) is 1. The first-order valence-corrected chi connectivity index (χ1v) is 7.80. The Balaban J connectivity index is 2.08. The Labute approximate surface area is 134 Å². The van der Waals surface area contributed by atoms with E-state index in [4.69, 9.17) is 4.74 Å². The lowest BCUT2D eigenvalue weighted by atomic mass is 10.1. The SMILES string of the molecule is COc1c(C)cnc(CN[C@H](C)c2ccc(Br)cc2)c1C. The minimum atomic E-state index is 0.270. The van der Waals surface area contributed by atoms with E-state index in [1.165, 1.54) is 5.56 Å². The molecule has 21 heavy (non-hydrogen) atoms. The molecule has 0 fully saturated rings. The number of benzene rings is 1. The molecular weight excluding hydrogens is 328 g/mol. The quantitative estimate of drug-likeness (QED) is 0.873. The normalized spacial score (nSPS) is 12.2. The van der Waals surface area contributed by atoms with Crippen LogP contribution in [0, 0.1) is 13.8 Å². The highest BCUT2D eigenvalue weighted by atomic mass is 79.9. The van der Waals surface area contributed by atoms with E-state index < -0.39 is 0 Å². The van der Waals surface area contributed by atoms with Gasteiger partial charge in [-0.25, -0.2) is 0 Å².